The molecule has 0 aliphatic rings. The molecular formula is C19H14BrFN2O2. The van der Waals surface area contributed by atoms with Crippen LogP contribution in [0.1, 0.15) is 5.56 Å². The Balaban J connectivity index is 2.17. The maximum atomic E-state index is 12.9. The number of benzene rings is 2. The summed E-state index contributed by atoms with van der Waals surface area (Å²) in [5.41, 5.74) is 0.988. The predicted molar refractivity (Wildman–Crippen MR) is 98.5 cm³/mol. The van der Waals surface area contributed by atoms with Crippen molar-refractivity contribution in [2.45, 2.75) is 0 Å². The van der Waals surface area contributed by atoms with Crippen LogP contribution >= 0.6 is 15.9 Å². The van der Waals surface area contributed by atoms with E-state index in [1.807, 2.05) is 6.07 Å². The Kier molecular flexibility index (Phi) is 6.49. The Morgan fingerprint density at radius 3 is 2.64 bits per heavy atom. The van der Waals surface area contributed by atoms with Crippen molar-refractivity contribution in [3.8, 4) is 11.8 Å². The molecule has 0 aliphatic heterocycles. The predicted octanol–water partition coefficient (Wildman–Crippen LogP) is 4.70. The summed E-state index contributed by atoms with van der Waals surface area (Å²) in [5, 5.41) is 11.8. The van der Waals surface area contributed by atoms with Crippen LogP contribution in [0.4, 0.5) is 10.1 Å². The molecule has 1 amide bonds. The number of carbonyl (C=O) groups excluding carboxylic acids is 1. The van der Waals surface area contributed by atoms with Gasteiger partial charge in [-0.05, 0) is 64.0 Å². The molecule has 0 fully saturated rings. The average Bonchev–Trinajstić information content (AvgIpc) is 2.60. The molecule has 2 aromatic rings. The van der Waals surface area contributed by atoms with Crippen molar-refractivity contribution in [2.24, 2.45) is 0 Å². The van der Waals surface area contributed by atoms with Gasteiger partial charge in [0.25, 0.3) is 5.91 Å². The molecule has 0 unspecified atom stereocenters. The lowest BCUT2D eigenvalue weighted by Crippen LogP contribution is -2.13. The molecule has 25 heavy (non-hydrogen) atoms. The lowest BCUT2D eigenvalue weighted by Gasteiger charge is -2.07. The lowest BCUT2D eigenvalue weighted by atomic mass is 10.1. The third-order valence-corrected chi connectivity index (χ3v) is 3.71. The number of hydrogen-bond acceptors (Lipinski definition) is 3. The van der Waals surface area contributed by atoms with Crippen molar-refractivity contribution in [3.05, 3.63) is 76.5 Å². The first kappa shape index (κ1) is 18.4. The summed E-state index contributed by atoms with van der Waals surface area (Å²) >= 11 is 3.38. The molecule has 4 nitrogen and oxygen atoms in total. The largest absolute Gasteiger partial charge is 0.488 e. The Morgan fingerprint density at radius 2 is 2.04 bits per heavy atom. The molecule has 1 N–H and O–H groups in total. The molecule has 0 heterocycles. The number of nitriles is 1. The number of halogens is 2. The maximum Gasteiger partial charge on any atom is 0.266 e. The fourth-order valence-electron chi connectivity index (χ4n) is 1.92. The molecule has 0 aliphatic carbocycles. The molecule has 2 rings (SSSR count). The van der Waals surface area contributed by atoms with Gasteiger partial charge in [-0.3, -0.25) is 4.79 Å². The van der Waals surface area contributed by atoms with Crippen molar-refractivity contribution >= 4 is 33.6 Å². The number of hydrogen-bond donors (Lipinski definition) is 1. The second-order valence-electron chi connectivity index (χ2n) is 4.92. The fraction of sp³-hybridized carbons (Fsp3) is 0.0526. The van der Waals surface area contributed by atoms with Gasteiger partial charge < -0.3 is 10.1 Å². The smallest absolute Gasteiger partial charge is 0.266 e. The van der Waals surface area contributed by atoms with Crippen LogP contribution in [-0.4, -0.2) is 12.5 Å². The van der Waals surface area contributed by atoms with Crippen LogP contribution in [0, 0.1) is 17.1 Å². The standard InChI is InChI=1S/C19H14BrFN2O2/c1-2-9-25-18-8-3-13(11-17(18)20)10-14(12-22)19(24)23-16-6-4-15(21)5-7-16/h2-8,10-11H,1,9H2,(H,23,24). The monoisotopic (exact) mass is 400 g/mol. The molecule has 126 valence electrons. The van der Waals surface area contributed by atoms with E-state index in [0.717, 1.165) is 0 Å². The molecule has 0 aromatic heterocycles. The number of rotatable bonds is 6. The summed E-state index contributed by atoms with van der Waals surface area (Å²) in [6.45, 7) is 3.95. The van der Waals surface area contributed by atoms with Crippen molar-refractivity contribution in [2.75, 3.05) is 11.9 Å². The summed E-state index contributed by atoms with van der Waals surface area (Å²) in [4.78, 5) is 12.2. The van der Waals surface area contributed by atoms with Gasteiger partial charge in [0.15, 0.2) is 0 Å². The van der Waals surface area contributed by atoms with E-state index in [9.17, 15) is 14.4 Å². The zero-order valence-corrected chi connectivity index (χ0v) is 14.7. The van der Waals surface area contributed by atoms with E-state index >= 15 is 0 Å². The third-order valence-electron chi connectivity index (χ3n) is 3.09. The summed E-state index contributed by atoms with van der Waals surface area (Å²) in [6.07, 6.45) is 3.09. The van der Waals surface area contributed by atoms with Gasteiger partial charge in [0.05, 0.1) is 4.47 Å². The zero-order valence-electron chi connectivity index (χ0n) is 13.1. The summed E-state index contributed by atoms with van der Waals surface area (Å²) in [7, 11) is 0. The van der Waals surface area contributed by atoms with E-state index in [2.05, 4.69) is 27.8 Å². The molecule has 0 bridgehead atoms. The molecule has 0 radical (unpaired) electrons. The first-order chi connectivity index (χ1) is 12.0. The molecule has 0 saturated heterocycles. The van der Waals surface area contributed by atoms with Gasteiger partial charge in [0, 0.05) is 5.69 Å². The van der Waals surface area contributed by atoms with Crippen LogP contribution in [0.5, 0.6) is 5.75 Å². The van der Waals surface area contributed by atoms with Gasteiger partial charge >= 0.3 is 0 Å². The van der Waals surface area contributed by atoms with E-state index in [-0.39, 0.29) is 5.57 Å². The van der Waals surface area contributed by atoms with E-state index in [0.29, 0.717) is 28.1 Å². The van der Waals surface area contributed by atoms with Crippen molar-refractivity contribution in [1.29, 1.82) is 5.26 Å². The highest BCUT2D eigenvalue weighted by Gasteiger charge is 2.10. The van der Waals surface area contributed by atoms with E-state index in [4.69, 9.17) is 4.74 Å². The van der Waals surface area contributed by atoms with Crippen molar-refractivity contribution in [1.82, 2.24) is 0 Å². The number of ether oxygens (including phenoxy) is 1. The SMILES string of the molecule is C=CCOc1ccc(C=C(C#N)C(=O)Nc2ccc(F)cc2)cc1Br. The highest BCUT2D eigenvalue weighted by atomic mass is 79.9. The average molecular weight is 401 g/mol. The van der Waals surface area contributed by atoms with Crippen LogP contribution in [0.3, 0.4) is 0 Å². The van der Waals surface area contributed by atoms with Crippen molar-refractivity contribution < 1.29 is 13.9 Å². The molecule has 2 aromatic carbocycles. The zero-order chi connectivity index (χ0) is 18.2. The number of nitrogens with zero attached hydrogens (tertiary/aromatic N) is 1. The molecule has 0 saturated carbocycles. The van der Waals surface area contributed by atoms with Gasteiger partial charge in [-0.25, -0.2) is 4.39 Å². The third kappa shape index (κ3) is 5.30. The molecule has 0 spiro atoms. The van der Waals surface area contributed by atoms with Gasteiger partial charge in [-0.1, -0.05) is 18.7 Å². The highest BCUT2D eigenvalue weighted by molar-refractivity contribution is 9.10. The summed E-state index contributed by atoms with van der Waals surface area (Å²) in [6, 6.07) is 12.4. The summed E-state index contributed by atoms with van der Waals surface area (Å²) < 4.78 is 19.0. The lowest BCUT2D eigenvalue weighted by molar-refractivity contribution is -0.112. The number of nitrogens with one attached hydrogen (secondary N) is 1. The Labute approximate surface area is 153 Å². The fourth-order valence-corrected chi connectivity index (χ4v) is 2.43. The molecular weight excluding hydrogens is 387 g/mol. The number of anilines is 1. The van der Waals surface area contributed by atoms with Crippen LogP contribution < -0.4 is 10.1 Å². The van der Waals surface area contributed by atoms with E-state index < -0.39 is 11.7 Å². The minimum Gasteiger partial charge on any atom is -0.488 e. The second kappa shape index (κ2) is 8.81. The molecule has 0 atom stereocenters. The summed E-state index contributed by atoms with van der Waals surface area (Å²) in [5.74, 6) is -0.346. The van der Waals surface area contributed by atoms with Gasteiger partial charge in [-0.15, -0.1) is 0 Å². The topological polar surface area (TPSA) is 62.1 Å². The number of amides is 1. The first-order valence-corrected chi connectivity index (χ1v) is 8.04. The van der Waals surface area contributed by atoms with Gasteiger partial charge in [0.2, 0.25) is 0 Å². The Hall–Kier alpha value is -2.91. The Bertz CT molecular complexity index is 855. The van der Waals surface area contributed by atoms with Gasteiger partial charge in [0.1, 0.15) is 29.8 Å². The second-order valence-corrected chi connectivity index (χ2v) is 5.77. The van der Waals surface area contributed by atoms with Crippen molar-refractivity contribution in [3.63, 3.8) is 0 Å². The molecule has 6 heteroatoms. The van der Waals surface area contributed by atoms with E-state index in [1.54, 1.807) is 24.3 Å². The van der Waals surface area contributed by atoms with Crippen LogP contribution in [-0.2, 0) is 4.79 Å². The van der Waals surface area contributed by atoms with Gasteiger partial charge in [-0.2, -0.15) is 5.26 Å². The highest BCUT2D eigenvalue weighted by Crippen LogP contribution is 2.27. The Morgan fingerprint density at radius 1 is 1.32 bits per heavy atom. The maximum absolute atomic E-state index is 12.9. The van der Waals surface area contributed by atoms with Crippen LogP contribution in [0.2, 0.25) is 0 Å². The minimum absolute atomic E-state index is 0.0732. The normalized spacial score (nSPS) is 10.7. The van der Waals surface area contributed by atoms with Crippen LogP contribution in [0.25, 0.3) is 6.08 Å². The first-order valence-electron chi connectivity index (χ1n) is 7.25. The van der Waals surface area contributed by atoms with E-state index in [1.165, 1.54) is 30.3 Å². The minimum atomic E-state index is -0.572. The van der Waals surface area contributed by atoms with Crippen LogP contribution in [0.15, 0.2) is 65.2 Å². The quantitative estimate of drug-likeness (QED) is 0.434. The number of carbonyl (C=O) groups is 1.